The molecule has 5 nitrogen and oxygen atoms in total. The van der Waals surface area contributed by atoms with E-state index in [-0.39, 0.29) is 24.0 Å². The smallest absolute Gasteiger partial charge is 0.227 e. The van der Waals surface area contributed by atoms with Gasteiger partial charge in [0.15, 0.2) is 0 Å². The van der Waals surface area contributed by atoms with E-state index < -0.39 is 10.0 Å². The molecule has 1 amide bonds. The maximum Gasteiger partial charge on any atom is 0.227 e. The molecule has 1 saturated heterocycles. The number of amides is 1. The number of benzene rings is 1. The molecular weight excluding hydrogens is 264 g/mol. The largest absolute Gasteiger partial charge is 0.312 e. The average molecular weight is 282 g/mol. The zero-order valence-corrected chi connectivity index (χ0v) is 11.9. The number of sulfonamides is 1. The Balaban J connectivity index is 2.26. The Hall–Kier alpha value is -1.40. The predicted molar refractivity (Wildman–Crippen MR) is 74.4 cm³/mol. The lowest BCUT2D eigenvalue weighted by molar-refractivity contribution is -0.117. The van der Waals surface area contributed by atoms with Gasteiger partial charge in [0.25, 0.3) is 0 Å². The first-order valence-electron chi connectivity index (χ1n) is 6.15. The van der Waals surface area contributed by atoms with Crippen molar-refractivity contribution in [2.45, 2.75) is 20.3 Å². The second-order valence-electron chi connectivity index (χ2n) is 5.14. The highest BCUT2D eigenvalue weighted by atomic mass is 32.2. The van der Waals surface area contributed by atoms with Crippen molar-refractivity contribution in [1.29, 1.82) is 0 Å². The Kier molecular flexibility index (Phi) is 3.64. The number of carbonyl (C=O) groups excluding carboxylic acids is 1. The number of anilines is 1. The summed E-state index contributed by atoms with van der Waals surface area (Å²) in [5, 5.41) is 5.05. The summed E-state index contributed by atoms with van der Waals surface area (Å²) in [5.74, 6) is -0.396. The maximum atomic E-state index is 12.1. The molecule has 0 radical (unpaired) electrons. The van der Waals surface area contributed by atoms with E-state index in [4.69, 9.17) is 5.14 Å². The molecule has 0 aliphatic carbocycles. The van der Waals surface area contributed by atoms with Crippen LogP contribution in [0.2, 0.25) is 0 Å². The van der Waals surface area contributed by atoms with Gasteiger partial charge in [0.1, 0.15) is 0 Å². The van der Waals surface area contributed by atoms with E-state index in [1.165, 1.54) is 0 Å². The summed E-state index contributed by atoms with van der Waals surface area (Å²) < 4.78 is 22.2. The van der Waals surface area contributed by atoms with Crippen molar-refractivity contribution in [3.63, 3.8) is 0 Å². The summed E-state index contributed by atoms with van der Waals surface area (Å²) in [6, 6.07) is 5.84. The molecule has 0 spiro atoms. The minimum Gasteiger partial charge on any atom is -0.312 e. The Bertz CT molecular complexity index is 590. The molecule has 1 aromatic carbocycles. The van der Waals surface area contributed by atoms with Crippen molar-refractivity contribution in [1.82, 2.24) is 0 Å². The second kappa shape index (κ2) is 4.94. The highest BCUT2D eigenvalue weighted by molar-refractivity contribution is 7.89. The number of nitrogens with zero attached hydrogens (tertiary/aromatic N) is 1. The van der Waals surface area contributed by atoms with E-state index in [2.05, 4.69) is 0 Å². The van der Waals surface area contributed by atoms with Crippen molar-refractivity contribution in [3.05, 3.63) is 29.3 Å². The van der Waals surface area contributed by atoms with Gasteiger partial charge in [-0.15, -0.1) is 0 Å². The van der Waals surface area contributed by atoms with Gasteiger partial charge in [-0.25, -0.2) is 13.6 Å². The normalized spacial score (nSPS) is 20.1. The van der Waals surface area contributed by atoms with Crippen LogP contribution in [0.1, 0.15) is 17.5 Å². The van der Waals surface area contributed by atoms with E-state index in [0.29, 0.717) is 6.54 Å². The summed E-state index contributed by atoms with van der Waals surface area (Å²) in [5.41, 5.74) is 2.93. The molecule has 2 N–H and O–H groups in total. The van der Waals surface area contributed by atoms with Gasteiger partial charge in [0.05, 0.1) is 5.75 Å². The summed E-state index contributed by atoms with van der Waals surface area (Å²) >= 11 is 0. The maximum absolute atomic E-state index is 12.1. The number of hydrogen-bond acceptors (Lipinski definition) is 3. The number of para-hydroxylation sites is 1. The van der Waals surface area contributed by atoms with Crippen molar-refractivity contribution >= 4 is 21.6 Å². The van der Waals surface area contributed by atoms with Crippen LogP contribution in [0, 0.1) is 19.8 Å². The lowest BCUT2D eigenvalue weighted by atomic mass is 10.1. The molecule has 0 aromatic heterocycles. The molecule has 1 heterocycles. The third kappa shape index (κ3) is 3.13. The fourth-order valence-corrected chi connectivity index (χ4v) is 3.55. The SMILES string of the molecule is Cc1cccc(C)c1N1CC(CS(N)(=O)=O)CC1=O. The van der Waals surface area contributed by atoms with Gasteiger partial charge in [-0.1, -0.05) is 18.2 Å². The fraction of sp³-hybridized carbons (Fsp3) is 0.462. The van der Waals surface area contributed by atoms with Crippen molar-refractivity contribution in [2.24, 2.45) is 11.1 Å². The molecule has 6 heteroatoms. The van der Waals surface area contributed by atoms with Crippen molar-refractivity contribution < 1.29 is 13.2 Å². The average Bonchev–Trinajstić information content (AvgIpc) is 2.56. The number of aryl methyl sites for hydroxylation is 2. The number of carbonyl (C=O) groups is 1. The first kappa shape index (κ1) is 14.0. The first-order valence-corrected chi connectivity index (χ1v) is 7.86. The van der Waals surface area contributed by atoms with Gasteiger partial charge in [-0.2, -0.15) is 0 Å². The Morgan fingerprint density at radius 1 is 1.32 bits per heavy atom. The van der Waals surface area contributed by atoms with E-state index in [9.17, 15) is 13.2 Å². The number of rotatable bonds is 3. The van der Waals surface area contributed by atoms with Gasteiger partial charge in [0.2, 0.25) is 15.9 Å². The zero-order chi connectivity index (χ0) is 14.2. The van der Waals surface area contributed by atoms with Gasteiger partial charge in [-0.05, 0) is 25.0 Å². The molecule has 2 rings (SSSR count). The van der Waals surface area contributed by atoms with E-state index >= 15 is 0 Å². The van der Waals surface area contributed by atoms with E-state index in [1.54, 1.807) is 4.90 Å². The quantitative estimate of drug-likeness (QED) is 0.896. The van der Waals surface area contributed by atoms with Crippen LogP contribution in [-0.4, -0.2) is 26.6 Å². The lowest BCUT2D eigenvalue weighted by Crippen LogP contribution is -2.28. The number of nitrogens with two attached hydrogens (primary N) is 1. The number of primary sulfonamides is 1. The van der Waals surface area contributed by atoms with Crippen LogP contribution in [0.3, 0.4) is 0 Å². The fourth-order valence-electron chi connectivity index (χ4n) is 2.67. The van der Waals surface area contributed by atoms with Crippen LogP contribution in [0.25, 0.3) is 0 Å². The Labute approximate surface area is 113 Å². The summed E-state index contributed by atoms with van der Waals surface area (Å²) in [7, 11) is -3.54. The minimum atomic E-state index is -3.54. The van der Waals surface area contributed by atoms with E-state index in [1.807, 2.05) is 32.0 Å². The standard InChI is InChI=1S/C13H18N2O3S/c1-9-4-3-5-10(2)13(9)15-7-11(6-12(15)16)8-19(14,17)18/h3-5,11H,6-8H2,1-2H3,(H2,14,17,18). The van der Waals surface area contributed by atoms with Gasteiger partial charge >= 0.3 is 0 Å². The zero-order valence-electron chi connectivity index (χ0n) is 11.1. The van der Waals surface area contributed by atoms with Crippen LogP contribution in [0.5, 0.6) is 0 Å². The van der Waals surface area contributed by atoms with Crippen LogP contribution in [-0.2, 0) is 14.8 Å². The topological polar surface area (TPSA) is 80.5 Å². The first-order chi connectivity index (χ1) is 8.78. The van der Waals surface area contributed by atoms with Gasteiger partial charge < -0.3 is 4.90 Å². The third-order valence-corrected chi connectivity index (χ3v) is 4.32. The second-order valence-corrected chi connectivity index (χ2v) is 6.80. The minimum absolute atomic E-state index is 0.0361. The Morgan fingerprint density at radius 3 is 2.42 bits per heavy atom. The van der Waals surface area contributed by atoms with E-state index in [0.717, 1.165) is 16.8 Å². The van der Waals surface area contributed by atoms with Crippen molar-refractivity contribution in [3.8, 4) is 0 Å². The molecule has 1 aliphatic heterocycles. The molecule has 1 unspecified atom stereocenters. The lowest BCUT2D eigenvalue weighted by Gasteiger charge is -2.21. The predicted octanol–water partition coefficient (Wildman–Crippen LogP) is 0.945. The monoisotopic (exact) mass is 282 g/mol. The van der Waals surface area contributed by atoms with Crippen LogP contribution in [0.4, 0.5) is 5.69 Å². The highest BCUT2D eigenvalue weighted by Crippen LogP contribution is 2.30. The molecule has 104 valence electrons. The summed E-state index contributed by atoms with van der Waals surface area (Å²) in [6.45, 7) is 4.31. The molecular formula is C13H18N2O3S. The molecule has 1 aromatic rings. The van der Waals surface area contributed by atoms with Gasteiger partial charge in [-0.3, -0.25) is 4.79 Å². The summed E-state index contributed by atoms with van der Waals surface area (Å²) in [6.07, 6.45) is 0.240. The van der Waals surface area contributed by atoms with Crippen LogP contribution in [0.15, 0.2) is 18.2 Å². The van der Waals surface area contributed by atoms with Gasteiger partial charge in [0, 0.05) is 24.6 Å². The Morgan fingerprint density at radius 2 is 1.89 bits per heavy atom. The third-order valence-electron chi connectivity index (χ3n) is 3.38. The van der Waals surface area contributed by atoms with Crippen molar-refractivity contribution in [2.75, 3.05) is 17.2 Å². The molecule has 1 aliphatic rings. The number of hydrogen-bond donors (Lipinski definition) is 1. The molecule has 1 fully saturated rings. The molecule has 0 bridgehead atoms. The van der Waals surface area contributed by atoms with Crippen LogP contribution >= 0.6 is 0 Å². The highest BCUT2D eigenvalue weighted by Gasteiger charge is 2.33. The summed E-state index contributed by atoms with van der Waals surface area (Å²) in [4.78, 5) is 13.7. The molecule has 0 saturated carbocycles. The molecule has 19 heavy (non-hydrogen) atoms. The van der Waals surface area contributed by atoms with Crippen LogP contribution < -0.4 is 10.0 Å². The molecule has 1 atom stereocenters.